The number of hydrogen-bond acceptors (Lipinski definition) is 7. The van der Waals surface area contributed by atoms with Crippen molar-refractivity contribution < 1.29 is 28.7 Å². The molecule has 3 atom stereocenters. The van der Waals surface area contributed by atoms with Crippen molar-refractivity contribution in [2.24, 2.45) is 0 Å². The van der Waals surface area contributed by atoms with Gasteiger partial charge in [0.05, 0.1) is 12.7 Å². The molecular weight excluding hydrogens is 546 g/mol. The zero-order valence-corrected chi connectivity index (χ0v) is 25.9. The molecule has 0 saturated carbocycles. The van der Waals surface area contributed by atoms with Crippen LogP contribution in [-0.4, -0.2) is 54.0 Å². The number of esters is 2. The highest BCUT2D eigenvalue weighted by molar-refractivity contribution is 5.96. The third-order valence-electron chi connectivity index (χ3n) is 6.10. The lowest BCUT2D eigenvalue weighted by atomic mass is 10.1. The van der Waals surface area contributed by atoms with Crippen molar-refractivity contribution in [3.05, 3.63) is 90.9 Å². The van der Waals surface area contributed by atoms with Crippen molar-refractivity contribution >= 4 is 23.8 Å². The highest BCUT2D eigenvalue weighted by Crippen LogP contribution is 2.07. The summed E-state index contributed by atoms with van der Waals surface area (Å²) in [4.78, 5) is 53.4. The van der Waals surface area contributed by atoms with Gasteiger partial charge in [0.1, 0.15) is 12.1 Å². The number of ether oxygens (including phenoxy) is 2. The third kappa shape index (κ3) is 17.3. The lowest BCUT2D eigenvalue weighted by molar-refractivity contribution is -0.158. The summed E-state index contributed by atoms with van der Waals surface area (Å²) < 4.78 is 10.1. The van der Waals surface area contributed by atoms with Crippen molar-refractivity contribution in [1.82, 2.24) is 15.6 Å². The summed E-state index contributed by atoms with van der Waals surface area (Å²) in [6.45, 7) is 5.09. The summed E-state index contributed by atoms with van der Waals surface area (Å²) in [7, 11) is 1.17. The van der Waals surface area contributed by atoms with Gasteiger partial charge in [0.15, 0.2) is 6.04 Å². The number of unbranched alkanes of at least 4 members (excludes halogenated alkanes) is 1. The molecule has 1 aromatic rings. The standard InChI is InChI=1S/C34H47N3O6/c1-5-6-7-8-9-10-11-12-13-14-15-16-17-18-19-20-21-24-30(38)36-27(2)33(40)43-28(3)31(34(41)42-4)37-32(39)29-23-22-25-35-26-29/h6-7,9-10,12-13,15-16,18-19,22-23,25-28,31H,5,8,11,14,17,20-21,24H2,1-4H3,(H,36,38)(H,37,39). The molecule has 43 heavy (non-hydrogen) atoms. The minimum atomic E-state index is -1.24. The summed E-state index contributed by atoms with van der Waals surface area (Å²) in [6, 6.07) is 0.940. The Morgan fingerprint density at radius 1 is 0.837 bits per heavy atom. The average molecular weight is 594 g/mol. The molecule has 234 valence electrons. The summed E-state index contributed by atoms with van der Waals surface area (Å²) in [5.74, 6) is -2.36. The molecular formula is C34H47N3O6. The van der Waals surface area contributed by atoms with E-state index in [9.17, 15) is 19.2 Å². The average Bonchev–Trinajstić information content (AvgIpc) is 3.01. The zero-order valence-electron chi connectivity index (χ0n) is 25.9. The van der Waals surface area contributed by atoms with Crippen LogP contribution in [-0.2, 0) is 23.9 Å². The first-order valence-electron chi connectivity index (χ1n) is 14.8. The molecule has 1 aromatic heterocycles. The normalized spacial score (nSPS) is 14.0. The summed E-state index contributed by atoms with van der Waals surface area (Å²) in [6.07, 6.45) is 29.6. The second kappa shape index (κ2) is 23.3. The fourth-order valence-corrected chi connectivity index (χ4v) is 3.69. The molecule has 2 N–H and O–H groups in total. The van der Waals surface area contributed by atoms with Crippen molar-refractivity contribution in [3.63, 3.8) is 0 Å². The van der Waals surface area contributed by atoms with Gasteiger partial charge in [0, 0.05) is 18.8 Å². The molecule has 9 heteroatoms. The van der Waals surface area contributed by atoms with Gasteiger partial charge in [-0.3, -0.25) is 14.6 Å². The molecule has 0 aliphatic carbocycles. The van der Waals surface area contributed by atoms with Crippen LogP contribution in [0.3, 0.4) is 0 Å². The summed E-state index contributed by atoms with van der Waals surface area (Å²) in [5.41, 5.74) is 0.236. The molecule has 0 saturated heterocycles. The van der Waals surface area contributed by atoms with Crippen LogP contribution in [0, 0.1) is 0 Å². The van der Waals surface area contributed by atoms with Crippen molar-refractivity contribution in [2.45, 2.75) is 90.3 Å². The Morgan fingerprint density at radius 3 is 1.95 bits per heavy atom. The smallest absolute Gasteiger partial charge is 0.332 e. The molecule has 3 unspecified atom stereocenters. The van der Waals surface area contributed by atoms with E-state index in [0.29, 0.717) is 6.42 Å². The van der Waals surface area contributed by atoms with E-state index in [-0.39, 0.29) is 17.9 Å². The van der Waals surface area contributed by atoms with Gasteiger partial charge in [-0.05, 0) is 70.9 Å². The maximum Gasteiger partial charge on any atom is 0.332 e. The second-order valence-corrected chi connectivity index (χ2v) is 9.75. The fourth-order valence-electron chi connectivity index (χ4n) is 3.69. The Labute approximate surface area is 256 Å². The maximum atomic E-state index is 12.6. The van der Waals surface area contributed by atoms with E-state index in [2.05, 4.69) is 77.2 Å². The number of methoxy groups -OCH3 is 1. The number of pyridine rings is 1. The second-order valence-electron chi connectivity index (χ2n) is 9.75. The predicted octanol–water partition coefficient (Wildman–Crippen LogP) is 5.71. The number of aromatic nitrogens is 1. The van der Waals surface area contributed by atoms with Crippen molar-refractivity contribution in [2.75, 3.05) is 7.11 Å². The molecule has 0 aromatic carbocycles. The number of nitrogens with zero attached hydrogens (tertiary/aromatic N) is 1. The molecule has 1 rings (SSSR count). The SMILES string of the molecule is CCC=CCC=CCC=CCC=CCC=CCCCC(=O)NC(C)C(=O)OC(C)C(NC(=O)c1cccnc1)C(=O)OC. The molecule has 0 aliphatic rings. The number of nitrogens with one attached hydrogen (secondary N) is 2. The summed E-state index contributed by atoms with van der Waals surface area (Å²) in [5, 5.41) is 5.12. The van der Waals surface area contributed by atoms with Crippen LogP contribution in [0.5, 0.6) is 0 Å². The van der Waals surface area contributed by atoms with Gasteiger partial charge in [0.2, 0.25) is 5.91 Å². The Morgan fingerprint density at radius 2 is 1.42 bits per heavy atom. The lowest BCUT2D eigenvalue weighted by Crippen LogP contribution is -2.51. The number of allylic oxidation sites excluding steroid dienone is 10. The molecule has 2 amide bonds. The van der Waals surface area contributed by atoms with Crippen molar-refractivity contribution in [1.29, 1.82) is 0 Å². The van der Waals surface area contributed by atoms with Crippen LogP contribution >= 0.6 is 0 Å². The molecule has 1 heterocycles. The van der Waals surface area contributed by atoms with Gasteiger partial charge in [-0.2, -0.15) is 0 Å². The first-order valence-corrected chi connectivity index (χ1v) is 14.8. The molecule has 9 nitrogen and oxygen atoms in total. The molecule has 0 radical (unpaired) electrons. The van der Waals surface area contributed by atoms with E-state index < -0.39 is 36.0 Å². The van der Waals surface area contributed by atoms with Crippen molar-refractivity contribution in [3.8, 4) is 0 Å². The predicted molar refractivity (Wildman–Crippen MR) is 169 cm³/mol. The van der Waals surface area contributed by atoms with Crippen LogP contribution in [0.2, 0.25) is 0 Å². The van der Waals surface area contributed by atoms with Gasteiger partial charge >= 0.3 is 11.9 Å². The Bertz CT molecular complexity index is 1120. The Kier molecular flexibility index (Phi) is 19.9. The van der Waals surface area contributed by atoms with E-state index in [4.69, 9.17) is 9.47 Å². The Hall–Kier alpha value is -4.27. The van der Waals surface area contributed by atoms with Crippen LogP contribution in [0.25, 0.3) is 0 Å². The zero-order chi connectivity index (χ0) is 31.7. The van der Waals surface area contributed by atoms with E-state index in [1.54, 1.807) is 6.07 Å². The van der Waals surface area contributed by atoms with Gasteiger partial charge in [0.25, 0.3) is 5.91 Å². The molecule has 0 bridgehead atoms. The molecule has 0 aliphatic heterocycles. The molecule has 0 fully saturated rings. The maximum absolute atomic E-state index is 12.6. The minimum absolute atomic E-state index is 0.236. The van der Waals surface area contributed by atoms with E-state index in [0.717, 1.165) is 38.5 Å². The number of hydrogen-bond donors (Lipinski definition) is 2. The van der Waals surface area contributed by atoms with Gasteiger partial charge in [-0.15, -0.1) is 0 Å². The van der Waals surface area contributed by atoms with Gasteiger partial charge in [-0.1, -0.05) is 67.7 Å². The fraction of sp³-hybridized carbons (Fsp3) is 0.441. The quantitative estimate of drug-likeness (QED) is 0.113. The Balaban J connectivity index is 2.30. The van der Waals surface area contributed by atoms with E-state index in [1.165, 1.54) is 39.4 Å². The number of amides is 2. The summed E-state index contributed by atoms with van der Waals surface area (Å²) >= 11 is 0. The van der Waals surface area contributed by atoms with Gasteiger partial charge in [-0.25, -0.2) is 9.59 Å². The number of carbonyl (C=O) groups excluding carboxylic acids is 4. The van der Waals surface area contributed by atoms with Crippen LogP contribution in [0.4, 0.5) is 0 Å². The third-order valence-corrected chi connectivity index (χ3v) is 6.10. The first-order chi connectivity index (χ1) is 20.8. The van der Waals surface area contributed by atoms with Crippen LogP contribution in [0.15, 0.2) is 85.3 Å². The first kappa shape index (κ1) is 36.8. The lowest BCUT2D eigenvalue weighted by Gasteiger charge is -2.24. The topological polar surface area (TPSA) is 124 Å². The number of rotatable bonds is 20. The largest absolute Gasteiger partial charge is 0.467 e. The monoisotopic (exact) mass is 593 g/mol. The van der Waals surface area contributed by atoms with Crippen LogP contribution < -0.4 is 10.6 Å². The highest BCUT2D eigenvalue weighted by Gasteiger charge is 2.32. The highest BCUT2D eigenvalue weighted by atomic mass is 16.6. The number of carbonyl (C=O) groups is 4. The minimum Gasteiger partial charge on any atom is -0.467 e. The van der Waals surface area contributed by atoms with Crippen LogP contribution in [0.1, 0.15) is 82.5 Å². The van der Waals surface area contributed by atoms with Gasteiger partial charge < -0.3 is 20.1 Å². The van der Waals surface area contributed by atoms with E-state index >= 15 is 0 Å². The molecule has 0 spiro atoms. The van der Waals surface area contributed by atoms with E-state index in [1.807, 2.05) is 6.08 Å².